The van der Waals surface area contributed by atoms with Crippen molar-refractivity contribution < 1.29 is 0 Å². The summed E-state index contributed by atoms with van der Waals surface area (Å²) in [6, 6.07) is 1.43. The molecule has 0 aromatic rings. The van der Waals surface area contributed by atoms with Crippen LogP contribution in [0.1, 0.15) is 47.5 Å². The van der Waals surface area contributed by atoms with Gasteiger partial charge in [0.1, 0.15) is 0 Å². The van der Waals surface area contributed by atoms with Crippen molar-refractivity contribution in [3.8, 4) is 0 Å². The third-order valence-electron chi connectivity index (χ3n) is 3.46. The van der Waals surface area contributed by atoms with Crippen molar-refractivity contribution in [3.63, 3.8) is 0 Å². The minimum atomic E-state index is 0.417. The lowest BCUT2D eigenvalue weighted by molar-refractivity contribution is 0.0575. The first-order valence-corrected chi connectivity index (χ1v) is 6.73. The second-order valence-electron chi connectivity index (χ2n) is 6.94. The maximum absolute atomic E-state index is 3.57. The molecule has 0 aromatic heterocycles. The molecule has 0 bridgehead atoms. The Kier molecular flexibility index (Phi) is 4.81. The highest BCUT2D eigenvalue weighted by Gasteiger charge is 2.34. The molecule has 1 fully saturated rings. The van der Waals surface area contributed by atoms with Crippen molar-refractivity contribution >= 4 is 0 Å². The van der Waals surface area contributed by atoms with Crippen LogP contribution in [-0.2, 0) is 0 Å². The average Bonchev–Trinajstić information content (AvgIpc) is 1.96. The Bertz CT molecular complexity index is 205. The summed E-state index contributed by atoms with van der Waals surface area (Å²) in [5, 5.41) is 3.57. The monoisotopic (exact) mass is 226 g/mol. The fourth-order valence-electron chi connectivity index (χ4n) is 2.62. The molecule has 1 aliphatic rings. The second kappa shape index (κ2) is 5.50. The van der Waals surface area contributed by atoms with Gasteiger partial charge in [-0.3, -0.25) is 0 Å². The van der Waals surface area contributed by atoms with E-state index in [1.165, 1.54) is 25.9 Å². The van der Waals surface area contributed by atoms with Gasteiger partial charge in [-0.05, 0) is 37.8 Å². The molecule has 1 N–H and O–H groups in total. The third kappa shape index (κ3) is 4.42. The Hall–Kier alpha value is -0.0800. The molecule has 2 atom stereocenters. The molecular weight excluding hydrogens is 196 g/mol. The lowest BCUT2D eigenvalue weighted by Crippen LogP contribution is -2.51. The molecule has 1 rings (SSSR count). The van der Waals surface area contributed by atoms with Crippen LogP contribution in [-0.4, -0.2) is 37.1 Å². The van der Waals surface area contributed by atoms with Gasteiger partial charge in [-0.2, -0.15) is 0 Å². The zero-order valence-electron chi connectivity index (χ0n) is 12.0. The zero-order valence-corrected chi connectivity index (χ0v) is 12.0. The zero-order chi connectivity index (χ0) is 12.3. The van der Waals surface area contributed by atoms with Crippen LogP contribution in [0.3, 0.4) is 0 Å². The third-order valence-corrected chi connectivity index (χ3v) is 3.46. The van der Waals surface area contributed by atoms with Crippen molar-refractivity contribution in [1.82, 2.24) is 10.2 Å². The quantitative estimate of drug-likeness (QED) is 0.775. The van der Waals surface area contributed by atoms with Crippen molar-refractivity contribution in [2.24, 2.45) is 11.3 Å². The summed E-state index contributed by atoms with van der Waals surface area (Å²) in [6.07, 6.45) is 2.79. The predicted octanol–water partition coefficient (Wildman–Crippen LogP) is 2.74. The SMILES string of the molecule is CC(C)NCC1CCC1N(C)CC(C)(C)C. The number of nitrogens with one attached hydrogen (secondary N) is 1. The van der Waals surface area contributed by atoms with Gasteiger partial charge in [0, 0.05) is 18.6 Å². The van der Waals surface area contributed by atoms with Crippen LogP contribution in [0.5, 0.6) is 0 Å². The second-order valence-corrected chi connectivity index (χ2v) is 6.94. The van der Waals surface area contributed by atoms with E-state index < -0.39 is 0 Å². The molecule has 0 saturated heterocycles. The largest absolute Gasteiger partial charge is 0.314 e. The Morgan fingerprint density at radius 2 is 1.88 bits per heavy atom. The van der Waals surface area contributed by atoms with Crippen LogP contribution < -0.4 is 5.32 Å². The molecule has 0 amide bonds. The van der Waals surface area contributed by atoms with Gasteiger partial charge in [0.2, 0.25) is 0 Å². The Balaban J connectivity index is 2.31. The van der Waals surface area contributed by atoms with Gasteiger partial charge in [0.15, 0.2) is 0 Å². The smallest absolute Gasteiger partial charge is 0.0133 e. The van der Waals surface area contributed by atoms with Gasteiger partial charge in [-0.25, -0.2) is 0 Å². The Morgan fingerprint density at radius 1 is 1.25 bits per heavy atom. The molecule has 2 heteroatoms. The number of nitrogens with zero attached hydrogens (tertiary/aromatic N) is 1. The summed E-state index contributed by atoms with van der Waals surface area (Å²) in [4.78, 5) is 2.57. The molecule has 0 radical (unpaired) electrons. The molecule has 2 nitrogen and oxygen atoms in total. The number of hydrogen-bond donors (Lipinski definition) is 1. The molecule has 2 unspecified atom stereocenters. The summed E-state index contributed by atoms with van der Waals surface area (Å²) < 4.78 is 0. The van der Waals surface area contributed by atoms with E-state index in [9.17, 15) is 0 Å². The lowest BCUT2D eigenvalue weighted by atomic mass is 9.77. The Morgan fingerprint density at radius 3 is 2.25 bits per heavy atom. The normalized spacial score (nSPS) is 26.2. The standard InChI is InChI=1S/C14H30N2/c1-11(2)15-9-12-7-8-13(12)16(6)10-14(3,4)5/h11-13,15H,7-10H2,1-6H3. The van der Waals surface area contributed by atoms with Crippen molar-refractivity contribution in [3.05, 3.63) is 0 Å². The molecular formula is C14H30N2. The fourth-order valence-corrected chi connectivity index (χ4v) is 2.62. The molecule has 96 valence electrons. The molecule has 0 heterocycles. The van der Waals surface area contributed by atoms with Crippen molar-refractivity contribution in [2.45, 2.75) is 59.5 Å². The minimum absolute atomic E-state index is 0.417. The lowest BCUT2D eigenvalue weighted by Gasteiger charge is -2.45. The molecule has 1 aliphatic carbocycles. The predicted molar refractivity (Wildman–Crippen MR) is 71.7 cm³/mol. The van der Waals surface area contributed by atoms with Gasteiger partial charge in [-0.1, -0.05) is 34.6 Å². The van der Waals surface area contributed by atoms with E-state index in [0.29, 0.717) is 11.5 Å². The highest BCUT2D eigenvalue weighted by atomic mass is 15.2. The van der Waals surface area contributed by atoms with E-state index in [2.05, 4.69) is 51.9 Å². The fraction of sp³-hybridized carbons (Fsp3) is 1.00. The Labute approximate surface area is 102 Å². The topological polar surface area (TPSA) is 15.3 Å². The van der Waals surface area contributed by atoms with Crippen LogP contribution in [0.2, 0.25) is 0 Å². The van der Waals surface area contributed by atoms with Crippen molar-refractivity contribution in [1.29, 1.82) is 0 Å². The van der Waals surface area contributed by atoms with Crippen LogP contribution >= 0.6 is 0 Å². The van der Waals surface area contributed by atoms with Crippen molar-refractivity contribution in [2.75, 3.05) is 20.1 Å². The minimum Gasteiger partial charge on any atom is -0.314 e. The molecule has 16 heavy (non-hydrogen) atoms. The first kappa shape index (κ1) is 14.0. The maximum Gasteiger partial charge on any atom is 0.0133 e. The number of rotatable bonds is 5. The van der Waals surface area contributed by atoms with E-state index in [1.54, 1.807) is 0 Å². The first-order chi connectivity index (χ1) is 7.29. The van der Waals surface area contributed by atoms with Crippen LogP contribution in [0.25, 0.3) is 0 Å². The van der Waals surface area contributed by atoms with Crippen LogP contribution in [0.4, 0.5) is 0 Å². The highest BCUT2D eigenvalue weighted by molar-refractivity contribution is 4.90. The first-order valence-electron chi connectivity index (χ1n) is 6.73. The van der Waals surface area contributed by atoms with Gasteiger partial charge in [0.05, 0.1) is 0 Å². The van der Waals surface area contributed by atoms with E-state index in [1.807, 2.05) is 0 Å². The highest BCUT2D eigenvalue weighted by Crippen LogP contribution is 2.32. The van der Waals surface area contributed by atoms with E-state index in [4.69, 9.17) is 0 Å². The summed E-state index contributed by atoms with van der Waals surface area (Å²) in [5.74, 6) is 0.870. The van der Waals surface area contributed by atoms with Crippen LogP contribution in [0, 0.1) is 11.3 Å². The van der Waals surface area contributed by atoms with Gasteiger partial charge >= 0.3 is 0 Å². The molecule has 0 aliphatic heterocycles. The summed E-state index contributed by atoms with van der Waals surface area (Å²) in [7, 11) is 2.29. The maximum atomic E-state index is 3.57. The van der Waals surface area contributed by atoms with Crippen LogP contribution in [0.15, 0.2) is 0 Å². The van der Waals surface area contributed by atoms with E-state index in [-0.39, 0.29) is 0 Å². The summed E-state index contributed by atoms with van der Waals surface area (Å²) in [5.41, 5.74) is 0.417. The average molecular weight is 226 g/mol. The summed E-state index contributed by atoms with van der Waals surface area (Å²) >= 11 is 0. The molecule has 0 spiro atoms. The van der Waals surface area contributed by atoms with Gasteiger partial charge in [0.25, 0.3) is 0 Å². The number of hydrogen-bond acceptors (Lipinski definition) is 2. The molecule has 1 saturated carbocycles. The van der Waals surface area contributed by atoms with E-state index >= 15 is 0 Å². The van der Waals surface area contributed by atoms with E-state index in [0.717, 1.165) is 12.0 Å². The van der Waals surface area contributed by atoms with Gasteiger partial charge < -0.3 is 10.2 Å². The summed E-state index contributed by atoms with van der Waals surface area (Å²) in [6.45, 7) is 13.8. The van der Waals surface area contributed by atoms with Gasteiger partial charge in [-0.15, -0.1) is 0 Å². The molecule has 0 aromatic carbocycles.